The molecule has 1 aliphatic carbocycles. The van der Waals surface area contributed by atoms with Crippen molar-refractivity contribution in [2.75, 3.05) is 13.2 Å². The molecule has 20 heavy (non-hydrogen) atoms. The second kappa shape index (κ2) is 6.35. The fourth-order valence-corrected chi connectivity index (χ4v) is 3.05. The number of ether oxygens (including phenoxy) is 1. The van der Waals surface area contributed by atoms with Crippen LogP contribution in [0.2, 0.25) is 0 Å². The van der Waals surface area contributed by atoms with Gasteiger partial charge in [-0.3, -0.25) is 0 Å². The average Bonchev–Trinajstić information content (AvgIpc) is 2.83. The molecule has 0 spiro atoms. The lowest BCUT2D eigenvalue weighted by Crippen LogP contribution is -2.24. The van der Waals surface area contributed by atoms with E-state index in [1.54, 1.807) is 6.07 Å². The van der Waals surface area contributed by atoms with Gasteiger partial charge in [-0.2, -0.15) is 13.2 Å². The largest absolute Gasteiger partial charge is 0.493 e. The van der Waals surface area contributed by atoms with E-state index in [0.717, 1.165) is 25.3 Å². The van der Waals surface area contributed by atoms with Crippen LogP contribution in [-0.4, -0.2) is 13.2 Å². The van der Waals surface area contributed by atoms with Crippen molar-refractivity contribution in [2.24, 2.45) is 17.6 Å². The van der Waals surface area contributed by atoms with Crippen LogP contribution in [0.4, 0.5) is 13.2 Å². The van der Waals surface area contributed by atoms with E-state index in [-0.39, 0.29) is 11.7 Å². The zero-order chi connectivity index (χ0) is 14.8. The van der Waals surface area contributed by atoms with E-state index in [1.807, 2.05) is 0 Å². The predicted molar refractivity (Wildman–Crippen MR) is 74.5 cm³/mol. The summed E-state index contributed by atoms with van der Waals surface area (Å²) in [5, 5.41) is 0. The SMILES string of the molecule is NCC1CCCC1COc1ccc(Br)cc1C(F)(F)F. The Hall–Kier alpha value is -0.750. The first kappa shape index (κ1) is 15.6. The minimum atomic E-state index is -4.41. The van der Waals surface area contributed by atoms with E-state index in [1.165, 1.54) is 6.07 Å². The van der Waals surface area contributed by atoms with E-state index in [0.29, 0.717) is 23.5 Å². The van der Waals surface area contributed by atoms with Crippen molar-refractivity contribution in [3.63, 3.8) is 0 Å². The zero-order valence-corrected chi connectivity index (χ0v) is 12.5. The van der Waals surface area contributed by atoms with Gasteiger partial charge in [0.2, 0.25) is 0 Å². The summed E-state index contributed by atoms with van der Waals surface area (Å²) < 4.78 is 44.7. The average molecular weight is 352 g/mol. The van der Waals surface area contributed by atoms with Crippen molar-refractivity contribution in [2.45, 2.75) is 25.4 Å². The monoisotopic (exact) mass is 351 g/mol. The molecule has 1 fully saturated rings. The molecular formula is C14H17BrF3NO. The minimum absolute atomic E-state index is 0.108. The van der Waals surface area contributed by atoms with Gasteiger partial charge in [0.25, 0.3) is 0 Å². The van der Waals surface area contributed by atoms with E-state index in [4.69, 9.17) is 10.5 Å². The van der Waals surface area contributed by atoms with Gasteiger partial charge in [-0.15, -0.1) is 0 Å². The van der Waals surface area contributed by atoms with Crippen LogP contribution >= 0.6 is 15.9 Å². The molecule has 2 atom stereocenters. The Morgan fingerprint density at radius 2 is 1.95 bits per heavy atom. The van der Waals surface area contributed by atoms with Gasteiger partial charge in [-0.25, -0.2) is 0 Å². The Kier molecular flexibility index (Phi) is 4.96. The Bertz CT molecular complexity index is 464. The van der Waals surface area contributed by atoms with Gasteiger partial charge in [0.15, 0.2) is 0 Å². The summed E-state index contributed by atoms with van der Waals surface area (Å²) in [5.74, 6) is 0.507. The molecule has 2 N–H and O–H groups in total. The first-order valence-corrected chi connectivity index (χ1v) is 7.40. The molecule has 1 aromatic rings. The van der Waals surface area contributed by atoms with Crippen molar-refractivity contribution < 1.29 is 17.9 Å². The van der Waals surface area contributed by atoms with Crippen LogP contribution in [0.15, 0.2) is 22.7 Å². The summed E-state index contributed by atoms with van der Waals surface area (Å²) >= 11 is 3.05. The second-order valence-electron chi connectivity index (χ2n) is 5.14. The van der Waals surface area contributed by atoms with Crippen LogP contribution in [0, 0.1) is 11.8 Å². The molecule has 6 heteroatoms. The standard InChI is InChI=1S/C14H17BrF3NO/c15-11-4-5-13(12(6-11)14(16,17)18)20-8-10-3-1-2-9(10)7-19/h4-6,9-10H,1-3,7-8,19H2. The lowest BCUT2D eigenvalue weighted by atomic mass is 9.97. The number of benzene rings is 1. The summed E-state index contributed by atoms with van der Waals surface area (Å²) in [6.07, 6.45) is -1.33. The van der Waals surface area contributed by atoms with Crippen LogP contribution in [0.25, 0.3) is 0 Å². The third kappa shape index (κ3) is 3.67. The van der Waals surface area contributed by atoms with Crippen LogP contribution in [-0.2, 0) is 6.18 Å². The third-order valence-corrected chi connectivity index (χ3v) is 4.31. The minimum Gasteiger partial charge on any atom is -0.493 e. The molecule has 0 bridgehead atoms. The number of hydrogen-bond donors (Lipinski definition) is 1. The fraction of sp³-hybridized carbons (Fsp3) is 0.571. The summed E-state index contributed by atoms with van der Waals surface area (Å²) in [6, 6.07) is 3.96. The molecule has 1 aliphatic rings. The van der Waals surface area contributed by atoms with Crippen molar-refractivity contribution in [1.29, 1.82) is 0 Å². The molecule has 112 valence electrons. The van der Waals surface area contributed by atoms with Crippen molar-refractivity contribution >= 4 is 15.9 Å². The molecule has 2 nitrogen and oxygen atoms in total. The molecule has 2 unspecified atom stereocenters. The van der Waals surface area contributed by atoms with E-state index < -0.39 is 11.7 Å². The van der Waals surface area contributed by atoms with Gasteiger partial charge >= 0.3 is 6.18 Å². The lowest BCUT2D eigenvalue weighted by Gasteiger charge is -2.20. The predicted octanol–water partition coefficient (Wildman–Crippen LogP) is 4.22. The van der Waals surface area contributed by atoms with E-state index in [9.17, 15) is 13.2 Å². The maximum atomic E-state index is 13.0. The molecule has 0 amide bonds. The molecule has 0 saturated heterocycles. The molecule has 2 rings (SSSR count). The van der Waals surface area contributed by atoms with Crippen LogP contribution in [0.3, 0.4) is 0 Å². The van der Waals surface area contributed by atoms with Gasteiger partial charge < -0.3 is 10.5 Å². The fourth-order valence-electron chi connectivity index (χ4n) is 2.69. The molecule has 0 radical (unpaired) electrons. The Labute approximate surface area is 124 Å². The van der Waals surface area contributed by atoms with Crippen molar-refractivity contribution in [1.82, 2.24) is 0 Å². The van der Waals surface area contributed by atoms with E-state index >= 15 is 0 Å². The molecular weight excluding hydrogens is 335 g/mol. The molecule has 1 aromatic carbocycles. The smallest absolute Gasteiger partial charge is 0.420 e. The Morgan fingerprint density at radius 1 is 1.25 bits per heavy atom. The highest BCUT2D eigenvalue weighted by atomic mass is 79.9. The van der Waals surface area contributed by atoms with Crippen LogP contribution in [0.1, 0.15) is 24.8 Å². The third-order valence-electron chi connectivity index (χ3n) is 3.82. The number of nitrogens with two attached hydrogens (primary N) is 1. The normalized spacial score (nSPS) is 23.1. The van der Waals surface area contributed by atoms with Crippen LogP contribution < -0.4 is 10.5 Å². The summed E-state index contributed by atoms with van der Waals surface area (Å²) in [6.45, 7) is 0.868. The summed E-state index contributed by atoms with van der Waals surface area (Å²) in [7, 11) is 0. The molecule has 0 heterocycles. The van der Waals surface area contributed by atoms with E-state index in [2.05, 4.69) is 15.9 Å². The van der Waals surface area contributed by atoms with Gasteiger partial charge in [-0.05, 0) is 49.4 Å². The van der Waals surface area contributed by atoms with Crippen LogP contribution in [0.5, 0.6) is 5.75 Å². The maximum Gasteiger partial charge on any atom is 0.420 e. The lowest BCUT2D eigenvalue weighted by molar-refractivity contribution is -0.139. The number of hydrogen-bond acceptors (Lipinski definition) is 2. The quantitative estimate of drug-likeness (QED) is 0.881. The second-order valence-corrected chi connectivity index (χ2v) is 6.05. The molecule has 0 aliphatic heterocycles. The topological polar surface area (TPSA) is 35.2 Å². The highest BCUT2D eigenvalue weighted by Crippen LogP contribution is 2.39. The Balaban J connectivity index is 2.09. The van der Waals surface area contributed by atoms with Crippen molar-refractivity contribution in [3.8, 4) is 5.75 Å². The number of rotatable bonds is 4. The first-order valence-electron chi connectivity index (χ1n) is 6.61. The van der Waals surface area contributed by atoms with Crippen molar-refractivity contribution in [3.05, 3.63) is 28.2 Å². The van der Waals surface area contributed by atoms with Gasteiger partial charge in [0.05, 0.1) is 12.2 Å². The van der Waals surface area contributed by atoms with Gasteiger partial charge in [-0.1, -0.05) is 22.4 Å². The number of alkyl halides is 3. The summed E-state index contributed by atoms with van der Waals surface area (Å²) in [4.78, 5) is 0. The molecule has 1 saturated carbocycles. The number of halogens is 4. The zero-order valence-electron chi connectivity index (χ0n) is 10.9. The van der Waals surface area contributed by atoms with Gasteiger partial charge in [0, 0.05) is 4.47 Å². The summed E-state index contributed by atoms with van der Waals surface area (Å²) in [5.41, 5.74) is 4.93. The highest BCUT2D eigenvalue weighted by Gasteiger charge is 2.35. The maximum absolute atomic E-state index is 13.0. The van der Waals surface area contributed by atoms with Gasteiger partial charge in [0.1, 0.15) is 5.75 Å². The highest BCUT2D eigenvalue weighted by molar-refractivity contribution is 9.10. The molecule has 0 aromatic heterocycles. The first-order chi connectivity index (χ1) is 9.41. The Morgan fingerprint density at radius 3 is 2.60 bits per heavy atom.